The molecule has 0 radical (unpaired) electrons. The van der Waals surface area contributed by atoms with Crippen LogP contribution in [0.5, 0.6) is 5.75 Å². The Hall–Kier alpha value is -9.79. The molecule has 39 heteroatoms. The molecule has 5 N–H and O–H groups in total. The van der Waals surface area contributed by atoms with Crippen LogP contribution in [0.2, 0.25) is 0 Å². The van der Waals surface area contributed by atoms with Gasteiger partial charge in [-0.2, -0.15) is 0 Å². The second-order valence-electron chi connectivity index (χ2n) is 38.6. The summed E-state index contributed by atoms with van der Waals surface area (Å²) in [5.41, 5.74) is 5.00. The highest BCUT2D eigenvalue weighted by molar-refractivity contribution is 5.94. The van der Waals surface area contributed by atoms with E-state index in [0.717, 1.165) is 22.3 Å². The fourth-order valence-electron chi connectivity index (χ4n) is 18.6. The Morgan fingerprint density at radius 2 is 1.09 bits per heavy atom. The standard InChI is InChI=1S/C110H169N7O32/c1-18-75(6)100(95(131-15)70-98(123)117-43-28-36-91(117)102(132-16)79(10)92(119)67-76(7)101(124)82-29-20-19-21-30-82)115(12)106(126)87(73(2)3)69-93(120)99(74(4)5)116(13)110(129)146-71-81-37-38-94(148-108-104(147-80(11)118)78(9)77(8)103(149-108)107(127)133-17)90(68-81)113-97(122)39-42-112-105(125)89(114-109(128)145-72-88-85-33-24-22-31-83(85)84-32-23-25-34-86(84)88)35-26-27-41-111-96(121)40-44-134-47-48-136-51-52-138-55-56-140-59-60-142-63-64-144-66-65-143-62-61-141-58-57-139-54-53-137-50-49-135-46-45-130-14/h19-25,29-34,37-38,68,73-79,87-89,91,95,99-104,108,124H,18,26-28,35-36,39-67,69-72H2,1-17H3,(H,111,121)(H,112,125)(H,113,122)(H,114,128)/t75-,76-,77-,78-,79-,87-,89-,91-,95+,99-,100-,101+,102+,103-,104+,108+/m0/s1. The van der Waals surface area contributed by atoms with Gasteiger partial charge in [-0.15, -0.1) is 0 Å². The summed E-state index contributed by atoms with van der Waals surface area (Å²) in [6.07, 6.45) is -5.61. The predicted octanol–water partition coefficient (Wildman–Crippen LogP) is 11.1. The molecular weight excluding hydrogens is 1930 g/mol. The molecule has 4 aromatic carbocycles. The number of Topliss-reactive ketones (excluding diaryl/α,β-unsaturated/α-hetero) is 2. The van der Waals surface area contributed by atoms with Gasteiger partial charge in [-0.1, -0.05) is 161 Å². The lowest BCUT2D eigenvalue weighted by Gasteiger charge is -2.42. The zero-order valence-electron chi connectivity index (χ0n) is 90.7. The van der Waals surface area contributed by atoms with Crippen LogP contribution in [0.1, 0.15) is 181 Å². The molecular formula is C110H169N7O32. The molecule has 7 rings (SSSR count). The van der Waals surface area contributed by atoms with E-state index in [1.165, 1.54) is 58.4 Å². The van der Waals surface area contributed by atoms with E-state index in [9.17, 15) is 53.1 Å². The number of aliphatic hydroxyl groups excluding tert-OH is 1. The average molecular weight is 2100 g/mol. The number of nitrogens with one attached hydrogen (secondary N) is 4. The monoisotopic (exact) mass is 2100 g/mol. The summed E-state index contributed by atoms with van der Waals surface area (Å²) in [6, 6.07) is 26.0. The third kappa shape index (κ3) is 43.0. The second kappa shape index (κ2) is 70.4. The van der Waals surface area contributed by atoms with Crippen molar-refractivity contribution >= 4 is 70.9 Å². The van der Waals surface area contributed by atoms with Gasteiger partial charge in [-0.25, -0.2) is 14.4 Å². The van der Waals surface area contributed by atoms with E-state index < -0.39 is 139 Å². The SMILES string of the molecule is CC[C@H](C)[C@@H]([C@@H](CC(=O)N1CCC[C@H]1[C@H](OC)[C@@H](C)C(=O)C[C@H](C)[C@@H](O)c1ccccc1)OC)N(C)C(=O)[C@@H](CC(=O)[C@H](C(C)C)N(C)C(=O)OCc1ccc(O[C@@H]2O[C@H](C(=O)OC)[C@@H](C)[C@H](C)[C@H]2OC(C)=O)c(NC(=O)CCNC(=O)[C@H](CCCCNC(=O)CCOCCOCCOCCOCCOCCOCCOCCOCCOCCOCCOCCOC)NC(=O)OCC2c3ccccc3-c3ccccc32)c1)C(C)C. The van der Waals surface area contributed by atoms with Gasteiger partial charge in [0, 0.05) is 111 Å². The number of nitrogens with zero attached hydrogens (tertiary/aromatic N) is 3. The molecule has 0 spiro atoms. The fourth-order valence-corrected chi connectivity index (χ4v) is 18.6. The fraction of sp³-hybridized carbons (Fsp3) is 0.682. The maximum atomic E-state index is 15.2. The maximum absolute atomic E-state index is 15.2. The molecule has 39 nitrogen and oxygen atoms in total. The number of anilines is 1. The van der Waals surface area contributed by atoms with Crippen LogP contribution in [0, 0.1) is 47.3 Å². The van der Waals surface area contributed by atoms with Crippen molar-refractivity contribution in [1.29, 1.82) is 0 Å². The van der Waals surface area contributed by atoms with Crippen LogP contribution >= 0.6 is 0 Å². The van der Waals surface area contributed by atoms with Crippen LogP contribution in [0.4, 0.5) is 15.3 Å². The summed E-state index contributed by atoms with van der Waals surface area (Å²) in [7, 11) is 8.97. The number of ketones is 2. The number of unbranched alkanes of at least 4 members (excludes halogenated alkanes) is 1. The summed E-state index contributed by atoms with van der Waals surface area (Å²) in [6.45, 7) is 29.2. The first kappa shape index (κ1) is 126. The first-order chi connectivity index (χ1) is 71.8. The van der Waals surface area contributed by atoms with Gasteiger partial charge in [0.2, 0.25) is 35.8 Å². The number of likely N-dealkylation sites (tertiary alicyclic amines) is 1. The normalized spacial score (nSPS) is 18.0. The summed E-state index contributed by atoms with van der Waals surface area (Å²) in [4.78, 5) is 160. The van der Waals surface area contributed by atoms with Crippen molar-refractivity contribution in [3.8, 4) is 16.9 Å². The Kier molecular flexibility index (Phi) is 59.6. The molecule has 2 saturated heterocycles. The molecule has 16 atom stereocenters. The molecule has 3 aliphatic rings. The number of fused-ring (bicyclic) bond motifs is 3. The topological polar surface area (TPSA) is 450 Å². The number of hydrogen-bond donors (Lipinski definition) is 5. The van der Waals surface area contributed by atoms with Gasteiger partial charge in [0.05, 0.1) is 208 Å². The number of likely N-dealkylation sites (N-methyl/N-ethyl adjacent to an activating group) is 2. The lowest BCUT2D eigenvalue weighted by atomic mass is 9.83. The van der Waals surface area contributed by atoms with Gasteiger partial charge in [0.15, 0.2) is 18.0 Å². The van der Waals surface area contributed by atoms with Gasteiger partial charge in [0.25, 0.3) is 0 Å². The van der Waals surface area contributed by atoms with Crippen molar-refractivity contribution in [1.82, 2.24) is 30.7 Å². The van der Waals surface area contributed by atoms with E-state index in [1.54, 1.807) is 58.6 Å². The third-order valence-electron chi connectivity index (χ3n) is 27.3. The zero-order chi connectivity index (χ0) is 109. The maximum Gasteiger partial charge on any atom is 0.410 e. The van der Waals surface area contributed by atoms with E-state index in [2.05, 4.69) is 21.3 Å². The van der Waals surface area contributed by atoms with Crippen molar-refractivity contribution in [2.24, 2.45) is 47.3 Å². The number of benzene rings is 4. The van der Waals surface area contributed by atoms with Crippen LogP contribution in [-0.2, 0) is 140 Å². The van der Waals surface area contributed by atoms with Gasteiger partial charge in [0.1, 0.15) is 30.8 Å². The lowest BCUT2D eigenvalue weighted by Crippen LogP contribution is -2.55. The summed E-state index contributed by atoms with van der Waals surface area (Å²) in [5.74, 6) is -8.44. The van der Waals surface area contributed by atoms with Crippen molar-refractivity contribution in [3.63, 3.8) is 0 Å². The molecule has 149 heavy (non-hydrogen) atoms. The smallest absolute Gasteiger partial charge is 0.410 e. The first-order valence-electron chi connectivity index (χ1n) is 52.6. The highest BCUT2D eigenvalue weighted by Crippen LogP contribution is 2.45. The number of alkyl carbamates (subject to hydrolysis) is 1. The Morgan fingerprint density at radius 1 is 0.550 bits per heavy atom. The van der Waals surface area contributed by atoms with E-state index in [-0.39, 0.29) is 130 Å². The van der Waals surface area contributed by atoms with E-state index >= 15 is 4.79 Å². The third-order valence-corrected chi connectivity index (χ3v) is 27.3. The van der Waals surface area contributed by atoms with Crippen molar-refractivity contribution in [3.05, 3.63) is 119 Å². The number of methoxy groups -OCH3 is 4. The number of carbonyl (C=O) groups excluding carboxylic acids is 11. The molecule has 2 fully saturated rings. The zero-order valence-corrected chi connectivity index (χ0v) is 90.7. The Morgan fingerprint density at radius 3 is 1.60 bits per heavy atom. The molecule has 0 saturated carbocycles. The predicted molar refractivity (Wildman–Crippen MR) is 553 cm³/mol. The quantitative estimate of drug-likeness (QED) is 0.0156. The van der Waals surface area contributed by atoms with Crippen LogP contribution in [0.15, 0.2) is 97.1 Å². The number of carbonyl (C=O) groups is 11. The molecule has 0 aromatic heterocycles. The minimum atomic E-state index is -1.46. The van der Waals surface area contributed by atoms with Gasteiger partial charge < -0.3 is 136 Å². The Balaban J connectivity index is 0.898. The Labute approximate surface area is 879 Å². The molecule has 7 amide bonds. The molecule has 1 aliphatic carbocycles. The highest BCUT2D eigenvalue weighted by Gasteiger charge is 2.50. The lowest BCUT2D eigenvalue weighted by molar-refractivity contribution is -0.248. The number of rotatable bonds is 77. The van der Waals surface area contributed by atoms with Crippen LogP contribution in [0.3, 0.4) is 0 Å². The summed E-state index contributed by atoms with van der Waals surface area (Å²) in [5, 5.41) is 22.4. The van der Waals surface area contributed by atoms with Crippen LogP contribution in [-0.4, -0.2) is 361 Å². The molecule has 4 aromatic rings. The molecule has 836 valence electrons. The first-order valence-corrected chi connectivity index (χ1v) is 52.6. The van der Waals surface area contributed by atoms with Crippen LogP contribution < -0.4 is 26.0 Å². The van der Waals surface area contributed by atoms with E-state index in [1.807, 2.05) is 113 Å². The van der Waals surface area contributed by atoms with Gasteiger partial charge in [-0.3, -0.25) is 38.4 Å². The minimum absolute atomic E-state index is 0.0153. The van der Waals surface area contributed by atoms with Crippen molar-refractivity contribution in [2.45, 2.75) is 220 Å². The van der Waals surface area contributed by atoms with Crippen molar-refractivity contribution in [2.75, 3.05) is 226 Å². The number of aliphatic hydroxyl groups is 1. The molecule has 0 bridgehead atoms. The largest absolute Gasteiger partial charge is 0.467 e. The summed E-state index contributed by atoms with van der Waals surface area (Å²) < 4.78 is 113. The summed E-state index contributed by atoms with van der Waals surface area (Å²) >= 11 is 0. The minimum Gasteiger partial charge on any atom is -0.467 e. The van der Waals surface area contributed by atoms with Crippen LogP contribution in [0.25, 0.3) is 11.1 Å². The van der Waals surface area contributed by atoms with E-state index in [4.69, 9.17) is 94.7 Å². The molecule has 0 unspecified atom stereocenters. The molecule has 2 aliphatic heterocycles. The Bertz CT molecular complexity index is 4570. The van der Waals surface area contributed by atoms with E-state index in [0.29, 0.717) is 189 Å². The highest BCUT2D eigenvalue weighted by atomic mass is 16.7. The molecule has 2 heterocycles. The number of esters is 2. The van der Waals surface area contributed by atoms with Gasteiger partial charge >= 0.3 is 24.1 Å². The second-order valence-corrected chi connectivity index (χ2v) is 38.6. The average Bonchev–Trinajstić information content (AvgIpc) is 1.62. The van der Waals surface area contributed by atoms with Gasteiger partial charge in [-0.05, 0) is 107 Å². The number of amides is 7. The number of hydrogen-bond acceptors (Lipinski definition) is 32. The van der Waals surface area contributed by atoms with Crippen molar-refractivity contribution < 1.29 is 153 Å². The number of ether oxygens (including phenoxy) is 20.